The topological polar surface area (TPSA) is 51.0 Å². The Balaban J connectivity index is 2.21. The number of hydrogen-bond acceptors (Lipinski definition) is 2. The van der Waals surface area contributed by atoms with Crippen molar-refractivity contribution in [2.24, 2.45) is 5.73 Å². The van der Waals surface area contributed by atoms with E-state index < -0.39 is 0 Å². The Bertz CT molecular complexity index is 860. The Hall–Kier alpha value is -1.85. The summed E-state index contributed by atoms with van der Waals surface area (Å²) in [5, 5.41) is 0.920. The highest BCUT2D eigenvalue weighted by Crippen LogP contribution is 2.38. The van der Waals surface area contributed by atoms with E-state index in [1.54, 1.807) is 13.2 Å². The van der Waals surface area contributed by atoms with Crippen molar-refractivity contribution >= 4 is 26.8 Å². The lowest BCUT2D eigenvalue weighted by Gasteiger charge is -2.10. The third-order valence-electron chi connectivity index (χ3n) is 4.20. The molecule has 0 bridgehead atoms. The first kappa shape index (κ1) is 17.0. The minimum atomic E-state index is -0.243. The predicted octanol–water partition coefficient (Wildman–Crippen LogP) is 5.03. The number of H-pyrrole nitrogens is 1. The van der Waals surface area contributed by atoms with Crippen molar-refractivity contribution in [1.82, 2.24) is 4.98 Å². The third kappa shape index (κ3) is 3.19. The Kier molecular flexibility index (Phi) is 5.21. The predicted molar refractivity (Wildman–Crippen MR) is 99.9 cm³/mol. The van der Waals surface area contributed by atoms with Crippen molar-refractivity contribution in [3.8, 4) is 17.0 Å². The number of methoxy groups -OCH3 is 1. The number of aryl methyl sites for hydroxylation is 1. The van der Waals surface area contributed by atoms with E-state index in [2.05, 4.69) is 20.9 Å². The van der Waals surface area contributed by atoms with Crippen LogP contribution in [-0.4, -0.2) is 18.6 Å². The van der Waals surface area contributed by atoms with Gasteiger partial charge in [0.05, 0.1) is 18.3 Å². The maximum absolute atomic E-state index is 14.3. The van der Waals surface area contributed by atoms with Gasteiger partial charge in [0, 0.05) is 15.4 Å². The molecule has 1 aromatic heterocycles. The second-order valence-electron chi connectivity index (χ2n) is 5.73. The van der Waals surface area contributed by atoms with Crippen LogP contribution in [0.25, 0.3) is 22.2 Å². The molecule has 0 saturated carbocycles. The molecule has 3 N–H and O–H groups in total. The molecule has 1 heterocycles. The van der Waals surface area contributed by atoms with Gasteiger partial charge in [-0.15, -0.1) is 0 Å². The molecule has 3 rings (SSSR count). The minimum absolute atomic E-state index is 0.243. The molecule has 0 aliphatic carbocycles. The fourth-order valence-corrected chi connectivity index (χ4v) is 3.41. The van der Waals surface area contributed by atoms with Crippen LogP contribution in [0.1, 0.15) is 18.4 Å². The second-order valence-corrected chi connectivity index (χ2v) is 6.65. The zero-order chi connectivity index (χ0) is 17.1. The van der Waals surface area contributed by atoms with Crippen LogP contribution >= 0.6 is 15.9 Å². The van der Waals surface area contributed by atoms with Crippen LogP contribution in [0.5, 0.6) is 5.75 Å². The van der Waals surface area contributed by atoms with Crippen molar-refractivity contribution < 1.29 is 9.13 Å². The first-order valence-corrected chi connectivity index (χ1v) is 8.78. The third-order valence-corrected chi connectivity index (χ3v) is 4.70. The molecule has 0 atom stereocenters. The van der Waals surface area contributed by atoms with E-state index in [9.17, 15) is 4.39 Å². The molecule has 5 heteroatoms. The van der Waals surface area contributed by atoms with Gasteiger partial charge in [0.1, 0.15) is 11.6 Å². The number of fused-ring (bicyclic) bond motifs is 1. The first-order valence-electron chi connectivity index (χ1n) is 7.98. The molecular formula is C19H20BrFN2O. The normalized spacial score (nSPS) is 11.2. The highest BCUT2D eigenvalue weighted by Gasteiger charge is 2.18. The molecule has 3 nitrogen and oxygen atoms in total. The van der Waals surface area contributed by atoms with E-state index in [0.29, 0.717) is 12.1 Å². The van der Waals surface area contributed by atoms with Gasteiger partial charge in [0.2, 0.25) is 0 Å². The summed E-state index contributed by atoms with van der Waals surface area (Å²) in [7, 11) is 1.64. The monoisotopic (exact) mass is 390 g/mol. The standard InChI is InChI=1S/C19H20BrFN2O/c1-24-17-9-8-12(20)11-15(17)18-13(5-2-3-10-22)14-6-4-7-16(21)19(14)23-18/h4,6-9,11,23H,2-3,5,10,22H2,1H3. The van der Waals surface area contributed by atoms with Gasteiger partial charge in [-0.3, -0.25) is 0 Å². The molecule has 0 aliphatic rings. The summed E-state index contributed by atoms with van der Waals surface area (Å²) in [6.45, 7) is 0.659. The maximum Gasteiger partial charge on any atom is 0.147 e. The maximum atomic E-state index is 14.3. The summed E-state index contributed by atoms with van der Waals surface area (Å²) in [5.74, 6) is 0.512. The molecule has 0 amide bonds. The molecule has 0 aliphatic heterocycles. The van der Waals surface area contributed by atoms with Crippen molar-refractivity contribution in [2.75, 3.05) is 13.7 Å². The number of aromatic amines is 1. The summed E-state index contributed by atoms with van der Waals surface area (Å²) in [4.78, 5) is 3.27. The van der Waals surface area contributed by atoms with Gasteiger partial charge in [0.15, 0.2) is 0 Å². The van der Waals surface area contributed by atoms with Gasteiger partial charge in [-0.25, -0.2) is 4.39 Å². The van der Waals surface area contributed by atoms with Gasteiger partial charge in [-0.2, -0.15) is 0 Å². The molecule has 0 unspecified atom stereocenters. The highest BCUT2D eigenvalue weighted by molar-refractivity contribution is 9.10. The number of hydrogen-bond donors (Lipinski definition) is 2. The first-order chi connectivity index (χ1) is 11.7. The van der Waals surface area contributed by atoms with Crippen molar-refractivity contribution in [3.05, 3.63) is 52.3 Å². The zero-order valence-electron chi connectivity index (χ0n) is 13.5. The number of aromatic nitrogens is 1. The lowest BCUT2D eigenvalue weighted by atomic mass is 9.99. The van der Waals surface area contributed by atoms with Crippen LogP contribution in [0.3, 0.4) is 0 Å². The Morgan fingerprint density at radius 2 is 2.04 bits per heavy atom. The van der Waals surface area contributed by atoms with Crippen LogP contribution < -0.4 is 10.5 Å². The fourth-order valence-electron chi connectivity index (χ4n) is 3.05. The van der Waals surface area contributed by atoms with E-state index in [-0.39, 0.29) is 5.82 Å². The largest absolute Gasteiger partial charge is 0.496 e. The number of nitrogens with two attached hydrogens (primary N) is 1. The lowest BCUT2D eigenvalue weighted by Crippen LogP contribution is -1.99. The van der Waals surface area contributed by atoms with Gasteiger partial charge in [-0.05, 0) is 55.6 Å². The number of ether oxygens (including phenoxy) is 1. The van der Waals surface area contributed by atoms with Gasteiger partial charge < -0.3 is 15.5 Å². The molecule has 24 heavy (non-hydrogen) atoms. The van der Waals surface area contributed by atoms with Crippen molar-refractivity contribution in [2.45, 2.75) is 19.3 Å². The number of rotatable bonds is 6. The number of benzene rings is 2. The lowest BCUT2D eigenvalue weighted by molar-refractivity contribution is 0.416. The van der Waals surface area contributed by atoms with Gasteiger partial charge >= 0.3 is 0 Å². The van der Waals surface area contributed by atoms with Crippen LogP contribution in [0, 0.1) is 5.82 Å². The summed E-state index contributed by atoms with van der Waals surface area (Å²) in [5.41, 5.74) is 9.10. The average molecular weight is 391 g/mol. The SMILES string of the molecule is COc1ccc(Br)cc1-c1[nH]c2c(F)cccc2c1CCCCN. The van der Waals surface area contributed by atoms with E-state index in [0.717, 1.165) is 51.7 Å². The molecule has 126 valence electrons. The Morgan fingerprint density at radius 3 is 2.79 bits per heavy atom. The summed E-state index contributed by atoms with van der Waals surface area (Å²) in [6.07, 6.45) is 2.74. The van der Waals surface area contributed by atoms with E-state index in [1.807, 2.05) is 24.3 Å². The van der Waals surface area contributed by atoms with E-state index >= 15 is 0 Å². The summed E-state index contributed by atoms with van der Waals surface area (Å²) in [6, 6.07) is 11.0. The Morgan fingerprint density at radius 1 is 1.21 bits per heavy atom. The molecule has 0 saturated heterocycles. The molecule has 3 aromatic rings. The van der Waals surface area contributed by atoms with Crippen LogP contribution in [-0.2, 0) is 6.42 Å². The summed E-state index contributed by atoms with van der Waals surface area (Å²) >= 11 is 3.51. The molecular weight excluding hydrogens is 371 g/mol. The van der Waals surface area contributed by atoms with E-state index in [4.69, 9.17) is 10.5 Å². The number of para-hydroxylation sites is 1. The summed E-state index contributed by atoms with van der Waals surface area (Å²) < 4.78 is 20.7. The van der Waals surface area contributed by atoms with Crippen LogP contribution in [0.15, 0.2) is 40.9 Å². The molecule has 2 aromatic carbocycles. The number of nitrogens with one attached hydrogen (secondary N) is 1. The molecule has 0 spiro atoms. The molecule has 0 radical (unpaired) electrons. The van der Waals surface area contributed by atoms with Crippen molar-refractivity contribution in [3.63, 3.8) is 0 Å². The van der Waals surface area contributed by atoms with Gasteiger partial charge in [-0.1, -0.05) is 28.1 Å². The minimum Gasteiger partial charge on any atom is -0.496 e. The van der Waals surface area contributed by atoms with Crippen molar-refractivity contribution in [1.29, 1.82) is 0 Å². The average Bonchev–Trinajstić information content (AvgIpc) is 2.95. The number of halogens is 2. The second kappa shape index (κ2) is 7.36. The van der Waals surface area contributed by atoms with E-state index in [1.165, 1.54) is 6.07 Å². The highest BCUT2D eigenvalue weighted by atomic mass is 79.9. The smallest absolute Gasteiger partial charge is 0.147 e. The van der Waals surface area contributed by atoms with Crippen LogP contribution in [0.2, 0.25) is 0 Å². The quantitative estimate of drug-likeness (QED) is 0.580. The Labute approximate surface area is 149 Å². The number of unbranched alkanes of at least 4 members (excludes halogenated alkanes) is 1. The molecule has 0 fully saturated rings. The van der Waals surface area contributed by atoms with Gasteiger partial charge in [0.25, 0.3) is 0 Å². The fraction of sp³-hybridized carbons (Fsp3) is 0.263. The zero-order valence-corrected chi connectivity index (χ0v) is 15.1. The van der Waals surface area contributed by atoms with Crippen LogP contribution in [0.4, 0.5) is 4.39 Å².